The van der Waals surface area contributed by atoms with Crippen LogP contribution < -0.4 is 0 Å². The zero-order valence-corrected chi connectivity index (χ0v) is 9.74. The molecule has 1 fully saturated rings. The highest BCUT2D eigenvalue weighted by molar-refractivity contribution is 4.78. The molecular weight excluding hydrogens is 176 g/mol. The van der Waals surface area contributed by atoms with Crippen molar-refractivity contribution in [1.29, 1.82) is 0 Å². The van der Waals surface area contributed by atoms with Crippen LogP contribution in [0.1, 0.15) is 26.7 Å². The first kappa shape index (κ1) is 12.0. The zero-order chi connectivity index (χ0) is 10.6. The summed E-state index contributed by atoms with van der Waals surface area (Å²) in [7, 11) is 2.12. The van der Waals surface area contributed by atoms with Gasteiger partial charge in [-0.2, -0.15) is 0 Å². The first-order chi connectivity index (χ1) is 6.63. The van der Waals surface area contributed by atoms with E-state index in [0.717, 1.165) is 6.54 Å². The van der Waals surface area contributed by atoms with Gasteiger partial charge in [0, 0.05) is 12.6 Å². The normalized spacial score (nSPS) is 22.9. The fourth-order valence-electron chi connectivity index (χ4n) is 2.24. The van der Waals surface area contributed by atoms with Crippen LogP contribution in [0.3, 0.4) is 0 Å². The van der Waals surface area contributed by atoms with E-state index in [1.807, 2.05) is 6.92 Å². The Kier molecular flexibility index (Phi) is 4.85. The molecule has 3 nitrogen and oxygen atoms in total. The Morgan fingerprint density at radius 2 is 2.00 bits per heavy atom. The summed E-state index contributed by atoms with van der Waals surface area (Å²) in [5, 5.41) is 9.30. The molecule has 0 aromatic rings. The molecule has 0 amide bonds. The first-order valence-corrected chi connectivity index (χ1v) is 5.74. The summed E-state index contributed by atoms with van der Waals surface area (Å²) in [5.41, 5.74) is 0. The van der Waals surface area contributed by atoms with Crippen LogP contribution in [-0.4, -0.2) is 60.3 Å². The van der Waals surface area contributed by atoms with E-state index in [9.17, 15) is 5.11 Å². The van der Waals surface area contributed by atoms with Crippen molar-refractivity contribution in [3.63, 3.8) is 0 Å². The van der Waals surface area contributed by atoms with Crippen LogP contribution >= 0.6 is 0 Å². The lowest BCUT2D eigenvalue weighted by Crippen LogP contribution is -2.45. The number of likely N-dealkylation sites (N-methyl/N-ethyl adjacent to an activating group) is 1. The highest BCUT2D eigenvalue weighted by atomic mass is 16.3. The largest absolute Gasteiger partial charge is 0.392 e. The highest BCUT2D eigenvalue weighted by Gasteiger charge is 2.21. The summed E-state index contributed by atoms with van der Waals surface area (Å²) >= 11 is 0. The van der Waals surface area contributed by atoms with Crippen molar-refractivity contribution in [1.82, 2.24) is 9.80 Å². The molecule has 1 unspecified atom stereocenters. The first-order valence-electron chi connectivity index (χ1n) is 5.74. The molecule has 3 heteroatoms. The molecule has 0 saturated carbocycles. The van der Waals surface area contributed by atoms with Crippen molar-refractivity contribution >= 4 is 0 Å². The lowest BCUT2D eigenvalue weighted by Gasteiger charge is -2.36. The molecule has 1 rings (SSSR count). The third kappa shape index (κ3) is 3.56. The number of hydrogen-bond acceptors (Lipinski definition) is 3. The summed E-state index contributed by atoms with van der Waals surface area (Å²) in [5.74, 6) is 0. The number of rotatable bonds is 4. The van der Waals surface area contributed by atoms with Gasteiger partial charge in [-0.1, -0.05) is 6.92 Å². The second kappa shape index (κ2) is 5.69. The van der Waals surface area contributed by atoms with Crippen LogP contribution in [0.5, 0.6) is 0 Å². The monoisotopic (exact) mass is 200 g/mol. The van der Waals surface area contributed by atoms with Crippen LogP contribution in [0.2, 0.25) is 0 Å². The predicted molar refractivity (Wildman–Crippen MR) is 59.4 cm³/mol. The molecule has 1 N–H and O–H groups in total. The second-order valence-electron chi connectivity index (χ2n) is 4.45. The summed E-state index contributed by atoms with van der Waals surface area (Å²) < 4.78 is 0. The zero-order valence-electron chi connectivity index (χ0n) is 9.74. The smallest absolute Gasteiger partial charge is 0.0639 e. The lowest BCUT2D eigenvalue weighted by atomic mass is 10.0. The van der Waals surface area contributed by atoms with E-state index in [1.54, 1.807) is 0 Å². The maximum atomic E-state index is 9.30. The molecule has 0 aromatic carbocycles. The van der Waals surface area contributed by atoms with E-state index in [0.29, 0.717) is 6.04 Å². The summed E-state index contributed by atoms with van der Waals surface area (Å²) in [4.78, 5) is 4.80. The molecule has 1 aliphatic heterocycles. The minimum Gasteiger partial charge on any atom is -0.392 e. The van der Waals surface area contributed by atoms with Gasteiger partial charge in [0.2, 0.25) is 0 Å². The van der Waals surface area contributed by atoms with Gasteiger partial charge in [0.25, 0.3) is 0 Å². The number of aliphatic hydroxyl groups is 1. The van der Waals surface area contributed by atoms with E-state index >= 15 is 0 Å². The van der Waals surface area contributed by atoms with E-state index in [1.165, 1.54) is 32.5 Å². The molecular formula is C11H24N2O. The molecule has 1 saturated heterocycles. The molecule has 1 atom stereocenters. The van der Waals surface area contributed by atoms with Crippen molar-refractivity contribution in [2.24, 2.45) is 0 Å². The maximum Gasteiger partial charge on any atom is 0.0639 e. The SMILES string of the molecule is CCN1CCC(N(C)CC(C)O)CC1. The van der Waals surface area contributed by atoms with Gasteiger partial charge in [0.05, 0.1) is 6.10 Å². The molecule has 0 radical (unpaired) electrons. The van der Waals surface area contributed by atoms with Crippen LogP contribution in [0.15, 0.2) is 0 Å². The topological polar surface area (TPSA) is 26.7 Å². The third-order valence-electron chi connectivity index (χ3n) is 3.18. The Balaban J connectivity index is 2.26. The van der Waals surface area contributed by atoms with Gasteiger partial charge >= 0.3 is 0 Å². The van der Waals surface area contributed by atoms with Gasteiger partial charge in [-0.3, -0.25) is 0 Å². The Hall–Kier alpha value is -0.120. The second-order valence-corrected chi connectivity index (χ2v) is 4.45. The summed E-state index contributed by atoms with van der Waals surface area (Å²) in [6, 6.07) is 0.674. The number of piperidine rings is 1. The maximum absolute atomic E-state index is 9.30. The predicted octanol–water partition coefficient (Wildman–Crippen LogP) is 0.783. The van der Waals surface area contributed by atoms with E-state index in [4.69, 9.17) is 0 Å². The quantitative estimate of drug-likeness (QED) is 0.726. The Bertz CT molecular complexity index is 153. The number of nitrogens with zero attached hydrogens (tertiary/aromatic N) is 2. The molecule has 84 valence electrons. The van der Waals surface area contributed by atoms with Gasteiger partial charge < -0.3 is 14.9 Å². The van der Waals surface area contributed by atoms with E-state index in [-0.39, 0.29) is 6.10 Å². The third-order valence-corrected chi connectivity index (χ3v) is 3.18. The number of aliphatic hydroxyl groups excluding tert-OH is 1. The average molecular weight is 200 g/mol. The van der Waals surface area contributed by atoms with Gasteiger partial charge in [0.1, 0.15) is 0 Å². The fourth-order valence-corrected chi connectivity index (χ4v) is 2.24. The fraction of sp³-hybridized carbons (Fsp3) is 1.00. The number of hydrogen-bond donors (Lipinski definition) is 1. The minimum absolute atomic E-state index is 0.204. The van der Waals surface area contributed by atoms with Gasteiger partial charge in [-0.15, -0.1) is 0 Å². The van der Waals surface area contributed by atoms with E-state index < -0.39 is 0 Å². The molecule has 0 aliphatic carbocycles. The van der Waals surface area contributed by atoms with Crippen molar-refractivity contribution < 1.29 is 5.11 Å². The van der Waals surface area contributed by atoms with Crippen LogP contribution in [0.4, 0.5) is 0 Å². The molecule has 1 aliphatic rings. The van der Waals surface area contributed by atoms with Crippen molar-refractivity contribution in [2.45, 2.75) is 38.8 Å². The summed E-state index contributed by atoms with van der Waals surface area (Å²) in [6.45, 7) is 8.48. The van der Waals surface area contributed by atoms with E-state index in [2.05, 4.69) is 23.8 Å². The van der Waals surface area contributed by atoms with Gasteiger partial charge in [-0.05, 0) is 46.4 Å². The Labute approximate surface area is 87.7 Å². The van der Waals surface area contributed by atoms with Crippen molar-refractivity contribution in [2.75, 3.05) is 33.2 Å². The van der Waals surface area contributed by atoms with Gasteiger partial charge in [-0.25, -0.2) is 0 Å². The highest BCUT2D eigenvalue weighted by Crippen LogP contribution is 2.15. The van der Waals surface area contributed by atoms with Gasteiger partial charge in [0.15, 0.2) is 0 Å². The Morgan fingerprint density at radius 1 is 1.43 bits per heavy atom. The minimum atomic E-state index is -0.204. The molecule has 0 spiro atoms. The van der Waals surface area contributed by atoms with Crippen LogP contribution in [-0.2, 0) is 0 Å². The standard InChI is InChI=1S/C11H24N2O/c1-4-13-7-5-11(6-8-13)12(3)9-10(2)14/h10-11,14H,4-9H2,1-3H3. The summed E-state index contributed by atoms with van der Waals surface area (Å²) in [6.07, 6.45) is 2.29. The Morgan fingerprint density at radius 3 is 2.43 bits per heavy atom. The lowest BCUT2D eigenvalue weighted by molar-refractivity contribution is 0.0830. The molecule has 0 bridgehead atoms. The molecule has 14 heavy (non-hydrogen) atoms. The van der Waals surface area contributed by atoms with Crippen LogP contribution in [0, 0.1) is 0 Å². The van der Waals surface area contributed by atoms with Crippen molar-refractivity contribution in [3.05, 3.63) is 0 Å². The molecule has 1 heterocycles. The van der Waals surface area contributed by atoms with Crippen molar-refractivity contribution in [3.8, 4) is 0 Å². The molecule has 0 aromatic heterocycles. The number of likely N-dealkylation sites (tertiary alicyclic amines) is 1. The van der Waals surface area contributed by atoms with Crippen LogP contribution in [0.25, 0.3) is 0 Å². The average Bonchev–Trinajstić information content (AvgIpc) is 2.17.